The summed E-state index contributed by atoms with van der Waals surface area (Å²) in [7, 11) is 0. The van der Waals surface area contributed by atoms with Crippen molar-refractivity contribution in [2.24, 2.45) is 0 Å². The summed E-state index contributed by atoms with van der Waals surface area (Å²) in [5, 5.41) is 12.2. The largest absolute Gasteiger partial charge is 0.478 e. The second-order valence-electron chi connectivity index (χ2n) is 4.42. The molecule has 0 saturated heterocycles. The Bertz CT molecular complexity index is 646. The number of carboxylic acids is 1. The first-order valence-corrected chi connectivity index (χ1v) is 6.81. The average Bonchev–Trinajstić information content (AvgIpc) is 2.38. The van der Waals surface area contributed by atoms with E-state index in [4.69, 9.17) is 5.11 Å². The highest BCUT2D eigenvalue weighted by molar-refractivity contribution is 9.10. The Morgan fingerprint density at radius 1 is 1.30 bits per heavy atom. The van der Waals surface area contributed by atoms with Gasteiger partial charge in [0.2, 0.25) is 0 Å². The highest BCUT2D eigenvalue weighted by Crippen LogP contribution is 2.25. The van der Waals surface area contributed by atoms with Crippen molar-refractivity contribution in [2.45, 2.75) is 13.0 Å². The van der Waals surface area contributed by atoms with Crippen LogP contribution in [0.5, 0.6) is 0 Å². The number of anilines is 1. The van der Waals surface area contributed by atoms with Crippen LogP contribution in [0.1, 0.15) is 28.9 Å². The molecule has 0 amide bonds. The summed E-state index contributed by atoms with van der Waals surface area (Å²) >= 11 is 3.22. The van der Waals surface area contributed by atoms with Gasteiger partial charge in [0.25, 0.3) is 0 Å². The average molecular weight is 338 g/mol. The van der Waals surface area contributed by atoms with Gasteiger partial charge in [-0.3, -0.25) is 0 Å². The highest BCUT2D eigenvalue weighted by atomic mass is 79.9. The summed E-state index contributed by atoms with van der Waals surface area (Å²) in [4.78, 5) is 10.9. The van der Waals surface area contributed by atoms with Gasteiger partial charge in [-0.25, -0.2) is 9.18 Å². The first-order chi connectivity index (χ1) is 9.47. The Balaban J connectivity index is 2.18. The molecule has 5 heteroatoms. The number of hydrogen-bond donors (Lipinski definition) is 2. The van der Waals surface area contributed by atoms with Gasteiger partial charge >= 0.3 is 5.97 Å². The van der Waals surface area contributed by atoms with Crippen molar-refractivity contribution in [1.82, 2.24) is 0 Å². The third-order valence-electron chi connectivity index (χ3n) is 2.93. The summed E-state index contributed by atoms with van der Waals surface area (Å²) in [6.07, 6.45) is 0. The lowest BCUT2D eigenvalue weighted by Crippen LogP contribution is -2.07. The highest BCUT2D eigenvalue weighted by Gasteiger charge is 2.10. The molecule has 3 nitrogen and oxygen atoms in total. The van der Waals surface area contributed by atoms with Crippen molar-refractivity contribution in [3.8, 4) is 0 Å². The van der Waals surface area contributed by atoms with Crippen LogP contribution in [0.4, 0.5) is 10.1 Å². The Labute approximate surface area is 124 Å². The minimum atomic E-state index is -0.985. The molecule has 2 aromatic rings. The van der Waals surface area contributed by atoms with Gasteiger partial charge in [0.15, 0.2) is 0 Å². The molecule has 0 bridgehead atoms. The topological polar surface area (TPSA) is 49.3 Å². The predicted molar refractivity (Wildman–Crippen MR) is 79.5 cm³/mol. The smallest absolute Gasteiger partial charge is 0.336 e. The molecule has 2 rings (SSSR count). The van der Waals surface area contributed by atoms with Crippen LogP contribution in [0.3, 0.4) is 0 Å². The van der Waals surface area contributed by atoms with Crippen LogP contribution in [-0.2, 0) is 0 Å². The molecular weight excluding hydrogens is 325 g/mol. The number of rotatable bonds is 4. The van der Waals surface area contributed by atoms with Gasteiger partial charge in [-0.1, -0.05) is 12.1 Å². The molecule has 0 aliphatic carbocycles. The number of carboxylic acid groups (broad SMARTS) is 1. The summed E-state index contributed by atoms with van der Waals surface area (Å²) in [6, 6.07) is 11.2. The summed E-state index contributed by atoms with van der Waals surface area (Å²) < 4.78 is 13.7. The van der Waals surface area contributed by atoms with Gasteiger partial charge in [-0.15, -0.1) is 0 Å². The molecule has 0 heterocycles. The quantitative estimate of drug-likeness (QED) is 0.865. The SMILES string of the molecule is CC(Nc1ccc(C(=O)O)c(Br)c1)c1cccc(F)c1. The molecule has 20 heavy (non-hydrogen) atoms. The van der Waals surface area contributed by atoms with E-state index in [1.165, 1.54) is 18.2 Å². The van der Waals surface area contributed by atoms with Gasteiger partial charge < -0.3 is 10.4 Å². The Hall–Kier alpha value is -1.88. The van der Waals surface area contributed by atoms with Crippen LogP contribution in [0.2, 0.25) is 0 Å². The number of benzene rings is 2. The van der Waals surface area contributed by atoms with Gasteiger partial charge in [0.1, 0.15) is 5.82 Å². The predicted octanol–water partition coefficient (Wildman–Crippen LogP) is 4.46. The Morgan fingerprint density at radius 2 is 2.05 bits per heavy atom. The molecule has 0 aromatic heterocycles. The zero-order chi connectivity index (χ0) is 14.7. The van der Waals surface area contributed by atoms with E-state index in [2.05, 4.69) is 21.2 Å². The van der Waals surface area contributed by atoms with Crippen LogP contribution in [0.25, 0.3) is 0 Å². The zero-order valence-electron chi connectivity index (χ0n) is 10.7. The van der Waals surface area contributed by atoms with Gasteiger partial charge in [0, 0.05) is 16.2 Å². The second kappa shape index (κ2) is 6.05. The fourth-order valence-electron chi connectivity index (χ4n) is 1.89. The van der Waals surface area contributed by atoms with E-state index in [0.29, 0.717) is 4.47 Å². The molecule has 0 saturated carbocycles. The summed E-state index contributed by atoms with van der Waals surface area (Å²) in [6.45, 7) is 1.91. The molecule has 0 radical (unpaired) electrons. The Morgan fingerprint density at radius 3 is 2.65 bits per heavy atom. The molecule has 2 N–H and O–H groups in total. The lowest BCUT2D eigenvalue weighted by atomic mass is 10.1. The van der Waals surface area contributed by atoms with Crippen LogP contribution in [0.15, 0.2) is 46.9 Å². The van der Waals surface area contributed by atoms with Crippen molar-refractivity contribution in [2.75, 3.05) is 5.32 Å². The van der Waals surface area contributed by atoms with Crippen LogP contribution >= 0.6 is 15.9 Å². The minimum absolute atomic E-state index is 0.0896. The van der Waals surface area contributed by atoms with E-state index < -0.39 is 5.97 Å². The van der Waals surface area contributed by atoms with E-state index >= 15 is 0 Å². The van der Waals surface area contributed by atoms with Crippen molar-refractivity contribution >= 4 is 27.6 Å². The van der Waals surface area contributed by atoms with Crippen molar-refractivity contribution < 1.29 is 14.3 Å². The Kier molecular flexibility index (Phi) is 4.39. The molecule has 1 atom stereocenters. The fraction of sp³-hybridized carbons (Fsp3) is 0.133. The number of halogens is 2. The summed E-state index contributed by atoms with van der Waals surface area (Å²) in [5.74, 6) is -1.26. The van der Waals surface area contributed by atoms with Crippen LogP contribution in [0, 0.1) is 5.82 Å². The van der Waals surface area contributed by atoms with Crippen LogP contribution in [-0.4, -0.2) is 11.1 Å². The van der Waals surface area contributed by atoms with Crippen molar-refractivity contribution in [3.05, 3.63) is 63.9 Å². The van der Waals surface area contributed by atoms with E-state index in [-0.39, 0.29) is 17.4 Å². The molecule has 0 aliphatic rings. The molecular formula is C15H13BrFNO2. The number of nitrogens with one attached hydrogen (secondary N) is 1. The van der Waals surface area contributed by atoms with E-state index in [0.717, 1.165) is 11.3 Å². The molecule has 104 valence electrons. The first-order valence-electron chi connectivity index (χ1n) is 6.02. The van der Waals surface area contributed by atoms with Crippen molar-refractivity contribution in [3.63, 3.8) is 0 Å². The van der Waals surface area contributed by atoms with Crippen LogP contribution < -0.4 is 5.32 Å². The normalized spacial score (nSPS) is 11.9. The maximum absolute atomic E-state index is 13.2. The molecule has 1 unspecified atom stereocenters. The minimum Gasteiger partial charge on any atom is -0.478 e. The standard InChI is InChI=1S/C15H13BrFNO2/c1-9(10-3-2-4-11(17)7-10)18-12-5-6-13(15(19)20)14(16)8-12/h2-9,18H,1H3,(H,19,20). The zero-order valence-corrected chi connectivity index (χ0v) is 12.3. The molecule has 0 fully saturated rings. The van der Waals surface area contributed by atoms with Gasteiger partial charge in [0.05, 0.1) is 5.56 Å². The molecule has 2 aromatic carbocycles. The molecule has 0 aliphatic heterocycles. The summed E-state index contributed by atoms with van der Waals surface area (Å²) in [5.41, 5.74) is 1.79. The van der Waals surface area contributed by atoms with E-state index in [9.17, 15) is 9.18 Å². The third kappa shape index (κ3) is 3.36. The van der Waals surface area contributed by atoms with Gasteiger partial charge in [-0.2, -0.15) is 0 Å². The maximum atomic E-state index is 13.2. The van der Waals surface area contributed by atoms with E-state index in [1.54, 1.807) is 18.2 Å². The fourth-order valence-corrected chi connectivity index (χ4v) is 2.44. The van der Waals surface area contributed by atoms with E-state index in [1.807, 2.05) is 13.0 Å². The first kappa shape index (κ1) is 14.5. The lowest BCUT2D eigenvalue weighted by molar-refractivity contribution is 0.0696. The maximum Gasteiger partial charge on any atom is 0.336 e. The monoisotopic (exact) mass is 337 g/mol. The number of hydrogen-bond acceptors (Lipinski definition) is 2. The number of carbonyl (C=O) groups is 1. The lowest BCUT2D eigenvalue weighted by Gasteiger charge is -2.16. The number of aromatic carboxylic acids is 1. The molecule has 0 spiro atoms. The van der Waals surface area contributed by atoms with Crippen molar-refractivity contribution in [1.29, 1.82) is 0 Å². The second-order valence-corrected chi connectivity index (χ2v) is 5.28. The van der Waals surface area contributed by atoms with Gasteiger partial charge in [-0.05, 0) is 58.7 Å². The third-order valence-corrected chi connectivity index (χ3v) is 3.59.